The van der Waals surface area contributed by atoms with Gasteiger partial charge in [-0.05, 0) is 50.3 Å². The number of rotatable bonds is 7. The molecule has 13 heteroatoms. The molecule has 35 heavy (non-hydrogen) atoms. The number of carboxylic acid groups (broad SMARTS) is 1. The summed E-state index contributed by atoms with van der Waals surface area (Å²) in [4.78, 5) is 14.2. The van der Waals surface area contributed by atoms with Crippen molar-refractivity contribution >= 4 is 50.3 Å². The Morgan fingerprint density at radius 2 is 2.00 bits per heavy atom. The Morgan fingerprint density at radius 3 is 2.69 bits per heavy atom. The minimum Gasteiger partial charge on any atom is -0.483 e. The fourth-order valence-electron chi connectivity index (χ4n) is 4.75. The average molecular weight is 549 g/mol. The Bertz CT molecular complexity index is 1070. The van der Waals surface area contributed by atoms with Gasteiger partial charge in [-0.15, -0.1) is 11.3 Å². The molecule has 0 unspecified atom stereocenters. The number of hydrogen-bond donors (Lipinski definition) is 4. The zero-order valence-electron chi connectivity index (χ0n) is 19.1. The van der Waals surface area contributed by atoms with E-state index in [-0.39, 0.29) is 35.3 Å². The van der Waals surface area contributed by atoms with Gasteiger partial charge in [-0.2, -0.15) is 0 Å². The number of aromatic nitrogens is 1. The van der Waals surface area contributed by atoms with E-state index in [1.807, 2.05) is 0 Å². The van der Waals surface area contributed by atoms with Gasteiger partial charge in [0.25, 0.3) is 16.5 Å². The largest absolute Gasteiger partial charge is 0.483 e. The van der Waals surface area contributed by atoms with Gasteiger partial charge in [-0.25, -0.2) is 17.8 Å². The summed E-state index contributed by atoms with van der Waals surface area (Å²) >= 11 is 7.51. The highest BCUT2D eigenvalue weighted by Crippen LogP contribution is 2.34. The summed E-state index contributed by atoms with van der Waals surface area (Å²) in [6.07, 6.45) is 7.71. The van der Waals surface area contributed by atoms with Gasteiger partial charge in [0, 0.05) is 36.8 Å². The van der Waals surface area contributed by atoms with E-state index in [0.29, 0.717) is 11.6 Å². The summed E-state index contributed by atoms with van der Waals surface area (Å²) in [7, 11) is -4.14. The van der Waals surface area contributed by atoms with Gasteiger partial charge in [0.15, 0.2) is 5.13 Å². The SMILES string of the molecule is O=CO.O=S(=O)(Nc1nccs1)c1cc(Cl)c(N[C@H]2CCCC[C@@H]2N2CCC[C@H](CO)C2)cc1F. The highest BCUT2D eigenvalue weighted by atomic mass is 35.5. The number of aliphatic hydroxyl groups is 1. The minimum absolute atomic E-state index is 0.0778. The Labute approximate surface area is 213 Å². The summed E-state index contributed by atoms with van der Waals surface area (Å²) in [5.74, 6) is -0.575. The monoisotopic (exact) mass is 548 g/mol. The van der Waals surface area contributed by atoms with Crippen LogP contribution in [0.2, 0.25) is 5.02 Å². The number of anilines is 2. The summed E-state index contributed by atoms with van der Waals surface area (Å²) in [6.45, 7) is 1.80. The third-order valence-corrected chi connectivity index (χ3v) is 8.80. The first-order valence-electron chi connectivity index (χ1n) is 11.4. The van der Waals surface area contributed by atoms with Crippen LogP contribution in [-0.2, 0) is 14.8 Å². The van der Waals surface area contributed by atoms with Gasteiger partial charge in [-0.1, -0.05) is 24.4 Å². The predicted molar refractivity (Wildman–Crippen MR) is 134 cm³/mol. The van der Waals surface area contributed by atoms with Crippen LogP contribution in [0.4, 0.5) is 15.2 Å². The summed E-state index contributed by atoms with van der Waals surface area (Å²) < 4.78 is 42.4. The number of benzene rings is 1. The van der Waals surface area contributed by atoms with Crippen LogP contribution in [-0.4, -0.2) is 66.8 Å². The molecule has 2 fully saturated rings. The maximum absolute atomic E-state index is 14.9. The number of sulfonamides is 1. The second kappa shape index (κ2) is 12.8. The van der Waals surface area contributed by atoms with Crippen molar-refractivity contribution < 1.29 is 27.8 Å². The molecule has 1 aliphatic heterocycles. The zero-order valence-corrected chi connectivity index (χ0v) is 21.5. The van der Waals surface area contributed by atoms with Crippen LogP contribution < -0.4 is 10.0 Å². The number of piperidine rings is 1. The number of carbonyl (C=O) groups is 1. The standard InChI is InChI=1S/C21H28ClFN4O3S2.CH2O2/c22-15-10-20(32(29,30)26-21-24-7-9-31-21)16(23)11-18(15)25-17-5-1-2-6-19(17)27-8-3-4-14(12-27)13-28;2-1-3/h7,9-11,14,17,19,25,28H,1-6,8,12-13H2,(H,24,26);1H,(H,2,3)/t14-,17-,19-;/m0./s1. The van der Waals surface area contributed by atoms with Gasteiger partial charge in [0.1, 0.15) is 10.7 Å². The van der Waals surface area contributed by atoms with E-state index in [1.54, 1.807) is 5.38 Å². The average Bonchev–Trinajstić information content (AvgIpc) is 3.34. The molecule has 9 nitrogen and oxygen atoms in total. The Kier molecular flexibility index (Phi) is 10.1. The van der Waals surface area contributed by atoms with Crippen LogP contribution in [0.15, 0.2) is 28.6 Å². The van der Waals surface area contributed by atoms with E-state index in [0.717, 1.165) is 75.1 Å². The number of nitrogens with zero attached hydrogens (tertiary/aromatic N) is 2. The molecule has 1 saturated carbocycles. The van der Waals surface area contributed by atoms with E-state index in [9.17, 15) is 17.9 Å². The topological polar surface area (TPSA) is 132 Å². The molecule has 1 aliphatic carbocycles. The normalized spacial score (nSPS) is 23.1. The molecule has 1 aromatic heterocycles. The lowest BCUT2D eigenvalue weighted by molar-refractivity contribution is -0.122. The van der Waals surface area contributed by atoms with Crippen LogP contribution in [0.5, 0.6) is 0 Å². The number of halogens is 2. The first kappa shape index (κ1) is 27.6. The molecule has 1 aromatic carbocycles. The second-order valence-electron chi connectivity index (χ2n) is 8.60. The zero-order chi connectivity index (χ0) is 25.4. The van der Waals surface area contributed by atoms with Gasteiger partial charge in [0.2, 0.25) is 0 Å². The molecule has 0 radical (unpaired) electrons. The quantitative estimate of drug-likeness (QED) is 0.383. The first-order chi connectivity index (χ1) is 16.8. The van der Waals surface area contributed by atoms with Gasteiger partial charge in [0.05, 0.1) is 10.7 Å². The number of thiazole rings is 1. The summed E-state index contributed by atoms with van der Waals surface area (Å²) in [5.41, 5.74) is 0.394. The Hall–Kier alpha value is -1.99. The van der Waals surface area contributed by atoms with Crippen LogP contribution >= 0.6 is 22.9 Å². The van der Waals surface area contributed by atoms with Crippen LogP contribution in [0, 0.1) is 11.7 Å². The second-order valence-corrected chi connectivity index (χ2v) is 11.6. The molecule has 3 atom stereocenters. The van der Waals surface area contributed by atoms with Gasteiger partial charge >= 0.3 is 0 Å². The number of nitrogens with one attached hydrogen (secondary N) is 2. The molecular weight excluding hydrogens is 519 g/mol. The lowest BCUT2D eigenvalue weighted by Crippen LogP contribution is -2.52. The molecule has 4 N–H and O–H groups in total. The highest BCUT2D eigenvalue weighted by Gasteiger charge is 2.33. The highest BCUT2D eigenvalue weighted by molar-refractivity contribution is 7.93. The number of aliphatic hydroxyl groups excluding tert-OH is 1. The lowest BCUT2D eigenvalue weighted by Gasteiger charge is -2.44. The van der Waals surface area contributed by atoms with Crippen molar-refractivity contribution in [1.29, 1.82) is 0 Å². The van der Waals surface area contributed by atoms with Crippen molar-refractivity contribution in [1.82, 2.24) is 9.88 Å². The smallest absolute Gasteiger partial charge is 0.290 e. The molecule has 4 rings (SSSR count). The first-order valence-corrected chi connectivity index (χ1v) is 14.1. The fraction of sp³-hybridized carbons (Fsp3) is 0.545. The van der Waals surface area contributed by atoms with Crippen molar-refractivity contribution in [3.8, 4) is 0 Å². The van der Waals surface area contributed by atoms with Crippen LogP contribution in [0.1, 0.15) is 38.5 Å². The molecule has 0 bridgehead atoms. The number of likely N-dealkylation sites (tertiary alicyclic amines) is 1. The molecule has 194 valence electrons. The van der Waals surface area contributed by atoms with E-state index in [2.05, 4.69) is 19.9 Å². The summed E-state index contributed by atoms with van der Waals surface area (Å²) in [6, 6.07) is 2.66. The molecule has 2 aromatic rings. The molecule has 0 amide bonds. The Balaban J connectivity index is 0.00000108. The van der Waals surface area contributed by atoms with Crippen molar-refractivity contribution in [3.63, 3.8) is 0 Å². The third-order valence-electron chi connectivity index (χ3n) is 6.31. The van der Waals surface area contributed by atoms with Crippen molar-refractivity contribution in [2.24, 2.45) is 5.92 Å². The molecule has 0 spiro atoms. The van der Waals surface area contributed by atoms with Crippen molar-refractivity contribution in [2.75, 3.05) is 29.7 Å². The van der Waals surface area contributed by atoms with E-state index in [1.165, 1.54) is 6.20 Å². The lowest BCUT2D eigenvalue weighted by atomic mass is 9.86. The maximum atomic E-state index is 14.9. The summed E-state index contributed by atoms with van der Waals surface area (Å²) in [5, 5.41) is 21.8. The van der Waals surface area contributed by atoms with E-state index < -0.39 is 20.7 Å². The molecule has 1 saturated heterocycles. The van der Waals surface area contributed by atoms with Crippen molar-refractivity contribution in [3.05, 3.63) is 34.5 Å². The molecular formula is C22H30ClFN4O5S2. The Morgan fingerprint density at radius 1 is 1.26 bits per heavy atom. The van der Waals surface area contributed by atoms with Gasteiger partial charge < -0.3 is 15.5 Å². The fourth-order valence-corrected chi connectivity index (χ4v) is 6.91. The van der Waals surface area contributed by atoms with E-state index >= 15 is 0 Å². The third kappa shape index (κ3) is 7.26. The van der Waals surface area contributed by atoms with Gasteiger partial charge in [-0.3, -0.25) is 14.4 Å². The maximum Gasteiger partial charge on any atom is 0.290 e. The van der Waals surface area contributed by atoms with Crippen LogP contribution in [0.3, 0.4) is 0 Å². The molecule has 2 aliphatic rings. The molecule has 2 heterocycles. The van der Waals surface area contributed by atoms with Crippen molar-refractivity contribution in [2.45, 2.75) is 55.5 Å². The minimum atomic E-state index is -4.14. The van der Waals surface area contributed by atoms with Crippen LogP contribution in [0.25, 0.3) is 0 Å². The van der Waals surface area contributed by atoms with E-state index in [4.69, 9.17) is 21.5 Å². The predicted octanol–water partition coefficient (Wildman–Crippen LogP) is 3.86. The number of hydrogen-bond acceptors (Lipinski definition) is 8.